The van der Waals surface area contributed by atoms with Crippen LogP contribution in [-0.2, 0) is 9.53 Å². The highest BCUT2D eigenvalue weighted by molar-refractivity contribution is 5.78. The predicted octanol–water partition coefficient (Wildman–Crippen LogP) is 0.220. The predicted molar refractivity (Wildman–Crippen MR) is 57.3 cm³/mol. The molecule has 15 heavy (non-hydrogen) atoms. The molecule has 1 saturated carbocycles. The number of hydrogen-bond acceptors (Lipinski definition) is 3. The fourth-order valence-corrected chi connectivity index (χ4v) is 1.94. The van der Waals surface area contributed by atoms with Crippen LogP contribution in [0.3, 0.4) is 0 Å². The molecule has 1 unspecified atom stereocenters. The second-order valence-corrected chi connectivity index (χ2v) is 4.66. The summed E-state index contributed by atoms with van der Waals surface area (Å²) in [6.07, 6.45) is 3.26. The molecule has 0 aromatic rings. The molecule has 2 aliphatic rings. The Balaban J connectivity index is 1.59. The summed E-state index contributed by atoms with van der Waals surface area (Å²) >= 11 is 0. The van der Waals surface area contributed by atoms with Crippen LogP contribution in [0.4, 0.5) is 0 Å². The zero-order valence-electron chi connectivity index (χ0n) is 9.15. The topological polar surface area (TPSA) is 55.6 Å². The van der Waals surface area contributed by atoms with Gasteiger partial charge in [0.15, 0.2) is 0 Å². The fourth-order valence-electron chi connectivity index (χ4n) is 1.94. The summed E-state index contributed by atoms with van der Waals surface area (Å²) in [5.41, 5.74) is 5.55. The molecule has 4 heteroatoms. The summed E-state index contributed by atoms with van der Waals surface area (Å²) in [5, 5.41) is 0. The molecule has 0 aromatic heterocycles. The van der Waals surface area contributed by atoms with Gasteiger partial charge in [0.2, 0.25) is 5.91 Å². The van der Waals surface area contributed by atoms with Crippen LogP contribution in [0.15, 0.2) is 0 Å². The SMILES string of the molecule is NCC1CC(=O)N(CCOCC2CC2)C1. The van der Waals surface area contributed by atoms with E-state index in [0.717, 1.165) is 25.6 Å². The lowest BCUT2D eigenvalue weighted by molar-refractivity contribution is -0.128. The Morgan fingerprint density at radius 2 is 2.20 bits per heavy atom. The molecule has 2 rings (SSSR count). The van der Waals surface area contributed by atoms with Crippen molar-refractivity contribution >= 4 is 5.91 Å². The van der Waals surface area contributed by atoms with Gasteiger partial charge in [-0.1, -0.05) is 0 Å². The second-order valence-electron chi connectivity index (χ2n) is 4.66. The fraction of sp³-hybridized carbons (Fsp3) is 0.909. The van der Waals surface area contributed by atoms with Crippen LogP contribution >= 0.6 is 0 Å². The Hall–Kier alpha value is -0.610. The molecule has 1 saturated heterocycles. The molecule has 0 bridgehead atoms. The number of carbonyl (C=O) groups is 1. The Bertz CT molecular complexity index is 229. The molecule has 86 valence electrons. The molecule has 1 aliphatic heterocycles. The molecular weight excluding hydrogens is 192 g/mol. The van der Waals surface area contributed by atoms with Crippen molar-refractivity contribution in [2.75, 3.05) is 32.8 Å². The number of amides is 1. The summed E-state index contributed by atoms with van der Waals surface area (Å²) in [6.45, 7) is 3.73. The highest BCUT2D eigenvalue weighted by Gasteiger charge is 2.28. The highest BCUT2D eigenvalue weighted by Crippen LogP contribution is 2.28. The quantitative estimate of drug-likeness (QED) is 0.641. The van der Waals surface area contributed by atoms with E-state index < -0.39 is 0 Å². The Morgan fingerprint density at radius 1 is 1.40 bits per heavy atom. The van der Waals surface area contributed by atoms with Crippen LogP contribution in [0.25, 0.3) is 0 Å². The molecule has 0 spiro atoms. The van der Waals surface area contributed by atoms with Gasteiger partial charge >= 0.3 is 0 Å². The number of hydrogen-bond donors (Lipinski definition) is 1. The average Bonchev–Trinajstić information content (AvgIpc) is 2.98. The number of nitrogens with zero attached hydrogens (tertiary/aromatic N) is 1. The number of nitrogens with two attached hydrogens (primary N) is 1. The van der Waals surface area contributed by atoms with E-state index in [0.29, 0.717) is 25.5 Å². The molecule has 1 amide bonds. The van der Waals surface area contributed by atoms with Gasteiger partial charge in [0.05, 0.1) is 6.61 Å². The molecule has 2 fully saturated rings. The van der Waals surface area contributed by atoms with Gasteiger partial charge in [-0.05, 0) is 31.2 Å². The third-order valence-corrected chi connectivity index (χ3v) is 3.18. The summed E-state index contributed by atoms with van der Waals surface area (Å²) in [5.74, 6) is 1.40. The summed E-state index contributed by atoms with van der Waals surface area (Å²) in [6, 6.07) is 0. The van der Waals surface area contributed by atoms with E-state index in [9.17, 15) is 4.79 Å². The summed E-state index contributed by atoms with van der Waals surface area (Å²) < 4.78 is 5.51. The van der Waals surface area contributed by atoms with E-state index in [2.05, 4.69) is 0 Å². The van der Waals surface area contributed by atoms with Crippen molar-refractivity contribution < 1.29 is 9.53 Å². The van der Waals surface area contributed by atoms with Crippen molar-refractivity contribution in [3.63, 3.8) is 0 Å². The molecule has 0 radical (unpaired) electrons. The number of likely N-dealkylation sites (tertiary alicyclic amines) is 1. The lowest BCUT2D eigenvalue weighted by atomic mass is 10.1. The minimum atomic E-state index is 0.237. The maximum atomic E-state index is 11.5. The zero-order chi connectivity index (χ0) is 10.7. The van der Waals surface area contributed by atoms with Crippen molar-refractivity contribution in [1.82, 2.24) is 4.90 Å². The van der Waals surface area contributed by atoms with E-state index >= 15 is 0 Å². The number of rotatable bonds is 6. The van der Waals surface area contributed by atoms with Crippen LogP contribution in [0, 0.1) is 11.8 Å². The lowest BCUT2D eigenvalue weighted by Gasteiger charge is -2.16. The standard InChI is InChI=1S/C11H20N2O2/c12-6-10-5-11(14)13(7-10)3-4-15-8-9-1-2-9/h9-10H,1-8,12H2. The molecule has 1 aliphatic carbocycles. The van der Waals surface area contributed by atoms with Gasteiger partial charge in [0.25, 0.3) is 0 Å². The number of carbonyl (C=O) groups excluding carboxylic acids is 1. The molecule has 1 heterocycles. The van der Waals surface area contributed by atoms with Gasteiger partial charge in [0, 0.05) is 26.1 Å². The van der Waals surface area contributed by atoms with E-state index in [1.807, 2.05) is 4.90 Å². The summed E-state index contributed by atoms with van der Waals surface area (Å²) in [7, 11) is 0. The second kappa shape index (κ2) is 4.94. The molecule has 1 atom stereocenters. The maximum Gasteiger partial charge on any atom is 0.223 e. The third-order valence-electron chi connectivity index (χ3n) is 3.18. The third kappa shape index (κ3) is 3.18. The monoisotopic (exact) mass is 212 g/mol. The minimum absolute atomic E-state index is 0.237. The van der Waals surface area contributed by atoms with Gasteiger partial charge in [-0.2, -0.15) is 0 Å². The maximum absolute atomic E-state index is 11.5. The largest absolute Gasteiger partial charge is 0.379 e. The van der Waals surface area contributed by atoms with Gasteiger partial charge in [0.1, 0.15) is 0 Å². The summed E-state index contributed by atoms with van der Waals surface area (Å²) in [4.78, 5) is 13.4. The van der Waals surface area contributed by atoms with Gasteiger partial charge in [-0.3, -0.25) is 4.79 Å². The Kier molecular flexibility index (Phi) is 3.59. The Labute approximate surface area is 90.8 Å². The van der Waals surface area contributed by atoms with Gasteiger partial charge < -0.3 is 15.4 Å². The first kappa shape index (κ1) is 10.9. The van der Waals surface area contributed by atoms with E-state index in [-0.39, 0.29) is 5.91 Å². The van der Waals surface area contributed by atoms with Crippen LogP contribution in [0.5, 0.6) is 0 Å². The first-order chi connectivity index (χ1) is 7.29. The van der Waals surface area contributed by atoms with Gasteiger partial charge in [-0.15, -0.1) is 0 Å². The lowest BCUT2D eigenvalue weighted by Crippen LogP contribution is -2.30. The van der Waals surface area contributed by atoms with Crippen molar-refractivity contribution in [1.29, 1.82) is 0 Å². The van der Waals surface area contributed by atoms with E-state index in [4.69, 9.17) is 10.5 Å². The van der Waals surface area contributed by atoms with E-state index in [1.54, 1.807) is 0 Å². The van der Waals surface area contributed by atoms with Crippen LogP contribution in [0.1, 0.15) is 19.3 Å². The van der Waals surface area contributed by atoms with Crippen LogP contribution in [0.2, 0.25) is 0 Å². The first-order valence-corrected chi connectivity index (χ1v) is 5.85. The van der Waals surface area contributed by atoms with Crippen molar-refractivity contribution in [3.8, 4) is 0 Å². The van der Waals surface area contributed by atoms with Crippen molar-refractivity contribution in [2.24, 2.45) is 17.6 Å². The zero-order valence-corrected chi connectivity index (χ0v) is 9.15. The van der Waals surface area contributed by atoms with Crippen molar-refractivity contribution in [2.45, 2.75) is 19.3 Å². The Morgan fingerprint density at radius 3 is 2.80 bits per heavy atom. The smallest absolute Gasteiger partial charge is 0.223 e. The normalized spacial score (nSPS) is 26.3. The van der Waals surface area contributed by atoms with Gasteiger partial charge in [-0.25, -0.2) is 0 Å². The van der Waals surface area contributed by atoms with Crippen LogP contribution in [-0.4, -0.2) is 43.7 Å². The number of ether oxygens (including phenoxy) is 1. The molecule has 2 N–H and O–H groups in total. The molecule has 4 nitrogen and oxygen atoms in total. The minimum Gasteiger partial charge on any atom is -0.379 e. The highest BCUT2D eigenvalue weighted by atomic mass is 16.5. The molecule has 0 aromatic carbocycles. The molecular formula is C11H20N2O2. The first-order valence-electron chi connectivity index (χ1n) is 5.85. The van der Waals surface area contributed by atoms with Crippen molar-refractivity contribution in [3.05, 3.63) is 0 Å². The van der Waals surface area contributed by atoms with E-state index in [1.165, 1.54) is 12.8 Å². The average molecular weight is 212 g/mol. The van der Waals surface area contributed by atoms with Crippen LogP contribution < -0.4 is 5.73 Å².